The summed E-state index contributed by atoms with van der Waals surface area (Å²) in [4.78, 5) is 12.2. The fourth-order valence-electron chi connectivity index (χ4n) is 1.83. The van der Waals surface area contributed by atoms with Crippen molar-refractivity contribution in [1.82, 2.24) is 4.57 Å². The summed E-state index contributed by atoms with van der Waals surface area (Å²) in [6.45, 7) is 3.85. The first-order chi connectivity index (χ1) is 9.38. The number of halogens is 3. The van der Waals surface area contributed by atoms with Gasteiger partial charge in [-0.15, -0.1) is 0 Å². The molecular formula is C14H13BrF2N2O. The summed E-state index contributed by atoms with van der Waals surface area (Å²) < 4.78 is 29.1. The molecule has 0 atom stereocenters. The maximum absolute atomic E-state index is 13.5. The molecular weight excluding hydrogens is 330 g/mol. The molecule has 3 nitrogen and oxygen atoms in total. The molecule has 20 heavy (non-hydrogen) atoms. The Morgan fingerprint density at radius 2 is 2.00 bits per heavy atom. The quantitative estimate of drug-likeness (QED) is 0.883. The van der Waals surface area contributed by atoms with Crippen LogP contribution in [-0.2, 0) is 0 Å². The zero-order valence-electron chi connectivity index (χ0n) is 11.0. The van der Waals surface area contributed by atoms with E-state index in [2.05, 4.69) is 21.2 Å². The molecule has 0 spiro atoms. The molecule has 0 unspecified atom stereocenters. The van der Waals surface area contributed by atoms with E-state index in [0.717, 1.165) is 22.7 Å². The molecule has 0 radical (unpaired) electrons. The monoisotopic (exact) mass is 342 g/mol. The van der Waals surface area contributed by atoms with Crippen LogP contribution in [0.25, 0.3) is 0 Å². The number of nitrogens with zero attached hydrogens (tertiary/aromatic N) is 1. The average Bonchev–Trinajstić information content (AvgIpc) is 2.76. The lowest BCUT2D eigenvalue weighted by Crippen LogP contribution is -2.18. The number of hydrogen-bond acceptors (Lipinski definition) is 1. The van der Waals surface area contributed by atoms with E-state index in [1.54, 1.807) is 16.8 Å². The molecule has 0 aliphatic carbocycles. The largest absolute Gasteiger partial charge is 0.340 e. The van der Waals surface area contributed by atoms with Gasteiger partial charge in [-0.25, -0.2) is 8.78 Å². The lowest BCUT2D eigenvalue weighted by Gasteiger charge is -2.13. The number of nitrogens with one attached hydrogen (secondary N) is 1. The standard InChI is InChI=1S/C14H13BrF2N2O/c1-8(2)19-7-9(15)5-13(19)14(20)18-12-6-10(16)3-4-11(12)17/h3-8H,1-2H3,(H,18,20). The molecule has 1 amide bonds. The van der Waals surface area contributed by atoms with Gasteiger partial charge in [0.15, 0.2) is 0 Å². The molecule has 0 bridgehead atoms. The third-order valence-corrected chi connectivity index (χ3v) is 3.21. The van der Waals surface area contributed by atoms with Crippen molar-refractivity contribution in [3.63, 3.8) is 0 Å². The molecule has 106 valence electrons. The highest BCUT2D eigenvalue weighted by Crippen LogP contribution is 2.22. The second-order valence-electron chi connectivity index (χ2n) is 4.62. The molecule has 6 heteroatoms. The summed E-state index contributed by atoms with van der Waals surface area (Å²) in [6.07, 6.45) is 1.77. The van der Waals surface area contributed by atoms with Crippen LogP contribution in [0.2, 0.25) is 0 Å². The molecule has 1 aromatic heterocycles. The molecule has 0 aliphatic heterocycles. The maximum Gasteiger partial charge on any atom is 0.272 e. The van der Waals surface area contributed by atoms with Crippen LogP contribution < -0.4 is 5.32 Å². The Balaban J connectivity index is 2.31. The number of aromatic nitrogens is 1. The van der Waals surface area contributed by atoms with Gasteiger partial charge in [-0.05, 0) is 48.0 Å². The SMILES string of the molecule is CC(C)n1cc(Br)cc1C(=O)Nc1cc(F)ccc1F. The first-order valence-electron chi connectivity index (χ1n) is 6.02. The van der Waals surface area contributed by atoms with E-state index in [0.29, 0.717) is 5.69 Å². The average molecular weight is 343 g/mol. The van der Waals surface area contributed by atoms with Crippen LogP contribution in [0.5, 0.6) is 0 Å². The van der Waals surface area contributed by atoms with E-state index in [1.807, 2.05) is 13.8 Å². The molecule has 0 fully saturated rings. The van der Waals surface area contributed by atoms with Gasteiger partial charge in [-0.3, -0.25) is 4.79 Å². The van der Waals surface area contributed by atoms with E-state index in [1.165, 1.54) is 0 Å². The van der Waals surface area contributed by atoms with Crippen LogP contribution in [0, 0.1) is 11.6 Å². The van der Waals surface area contributed by atoms with Gasteiger partial charge in [-0.2, -0.15) is 0 Å². The second-order valence-corrected chi connectivity index (χ2v) is 5.54. The third kappa shape index (κ3) is 3.07. The zero-order chi connectivity index (χ0) is 14.9. The number of rotatable bonds is 3. The van der Waals surface area contributed by atoms with Crippen molar-refractivity contribution in [2.45, 2.75) is 19.9 Å². The van der Waals surface area contributed by atoms with Gasteiger partial charge in [0.1, 0.15) is 17.3 Å². The number of benzene rings is 1. The van der Waals surface area contributed by atoms with Crippen molar-refractivity contribution < 1.29 is 13.6 Å². The predicted molar refractivity (Wildman–Crippen MR) is 76.8 cm³/mol. The molecule has 0 saturated carbocycles. The van der Waals surface area contributed by atoms with E-state index < -0.39 is 17.5 Å². The van der Waals surface area contributed by atoms with Crippen molar-refractivity contribution in [1.29, 1.82) is 0 Å². The highest BCUT2D eigenvalue weighted by Gasteiger charge is 2.16. The summed E-state index contributed by atoms with van der Waals surface area (Å²) in [5.74, 6) is -1.78. The Hall–Kier alpha value is -1.69. The Morgan fingerprint density at radius 3 is 2.65 bits per heavy atom. The lowest BCUT2D eigenvalue weighted by molar-refractivity contribution is 0.101. The van der Waals surface area contributed by atoms with Gasteiger partial charge in [0.05, 0.1) is 5.69 Å². The van der Waals surface area contributed by atoms with Crippen molar-refractivity contribution in [3.8, 4) is 0 Å². The minimum atomic E-state index is -0.679. The van der Waals surface area contributed by atoms with E-state index >= 15 is 0 Å². The van der Waals surface area contributed by atoms with Gasteiger partial charge in [0.25, 0.3) is 5.91 Å². The highest BCUT2D eigenvalue weighted by molar-refractivity contribution is 9.10. The number of carbonyl (C=O) groups excluding carboxylic acids is 1. The molecule has 1 aromatic carbocycles. The van der Waals surface area contributed by atoms with Crippen molar-refractivity contribution >= 4 is 27.5 Å². The van der Waals surface area contributed by atoms with Crippen molar-refractivity contribution in [3.05, 3.63) is 52.3 Å². The van der Waals surface area contributed by atoms with Gasteiger partial charge >= 0.3 is 0 Å². The smallest absolute Gasteiger partial charge is 0.272 e. The van der Waals surface area contributed by atoms with Gasteiger partial charge < -0.3 is 9.88 Å². The maximum atomic E-state index is 13.5. The molecule has 1 heterocycles. The molecule has 1 N–H and O–H groups in total. The van der Waals surface area contributed by atoms with E-state index in [-0.39, 0.29) is 11.7 Å². The van der Waals surface area contributed by atoms with Crippen LogP contribution in [-0.4, -0.2) is 10.5 Å². The van der Waals surface area contributed by atoms with Gasteiger partial charge in [-0.1, -0.05) is 0 Å². The van der Waals surface area contributed by atoms with E-state index in [4.69, 9.17) is 0 Å². The molecule has 0 saturated heterocycles. The Bertz CT molecular complexity index is 653. The highest BCUT2D eigenvalue weighted by atomic mass is 79.9. The van der Waals surface area contributed by atoms with Crippen LogP contribution in [0.4, 0.5) is 14.5 Å². The summed E-state index contributed by atoms with van der Waals surface area (Å²) >= 11 is 3.30. The van der Waals surface area contributed by atoms with Crippen LogP contribution in [0.3, 0.4) is 0 Å². The second kappa shape index (κ2) is 5.75. The first kappa shape index (κ1) is 14.7. The Morgan fingerprint density at radius 1 is 1.30 bits per heavy atom. The summed E-state index contributed by atoms with van der Waals surface area (Å²) in [5, 5.41) is 2.38. The van der Waals surface area contributed by atoms with Gasteiger partial charge in [0, 0.05) is 22.8 Å². The normalized spacial score (nSPS) is 10.9. The number of amides is 1. The zero-order valence-corrected chi connectivity index (χ0v) is 12.5. The summed E-state index contributed by atoms with van der Waals surface area (Å²) in [7, 11) is 0. The molecule has 2 rings (SSSR count). The molecule has 2 aromatic rings. The number of anilines is 1. The van der Waals surface area contributed by atoms with Crippen molar-refractivity contribution in [2.24, 2.45) is 0 Å². The summed E-state index contributed by atoms with van der Waals surface area (Å²) in [5.41, 5.74) is 0.193. The third-order valence-electron chi connectivity index (χ3n) is 2.78. The Labute approximate surface area is 123 Å². The van der Waals surface area contributed by atoms with Crippen LogP contribution in [0.1, 0.15) is 30.4 Å². The first-order valence-corrected chi connectivity index (χ1v) is 6.81. The molecule has 0 aliphatic rings. The number of carbonyl (C=O) groups is 1. The predicted octanol–water partition coefficient (Wildman–Crippen LogP) is 4.36. The fraction of sp³-hybridized carbons (Fsp3) is 0.214. The topological polar surface area (TPSA) is 34.0 Å². The fourth-order valence-corrected chi connectivity index (χ4v) is 2.27. The lowest BCUT2D eigenvalue weighted by atomic mass is 10.2. The van der Waals surface area contributed by atoms with Gasteiger partial charge in [0.2, 0.25) is 0 Å². The minimum absolute atomic E-state index is 0.0689. The number of hydrogen-bond donors (Lipinski definition) is 1. The van der Waals surface area contributed by atoms with Crippen LogP contribution >= 0.6 is 15.9 Å². The van der Waals surface area contributed by atoms with Crippen molar-refractivity contribution in [2.75, 3.05) is 5.32 Å². The Kier molecular flexibility index (Phi) is 4.23. The van der Waals surface area contributed by atoms with E-state index in [9.17, 15) is 13.6 Å². The minimum Gasteiger partial charge on any atom is -0.340 e. The van der Waals surface area contributed by atoms with Crippen LogP contribution in [0.15, 0.2) is 34.9 Å². The summed E-state index contributed by atoms with van der Waals surface area (Å²) in [6, 6.07) is 4.62.